The van der Waals surface area contributed by atoms with Crippen LogP contribution in [0, 0.1) is 0 Å². The molecule has 70 valence electrons. The number of aromatic hydroxyl groups is 1. The summed E-state index contributed by atoms with van der Waals surface area (Å²) in [5.74, 6) is 0.0729. The molecule has 2 unspecified atom stereocenters. The first-order chi connectivity index (χ1) is 6.20. The molecule has 0 saturated carbocycles. The Morgan fingerprint density at radius 2 is 2.00 bits per heavy atom. The van der Waals surface area contributed by atoms with E-state index in [4.69, 9.17) is 0 Å². The minimum atomic E-state index is -0.940. The molecule has 0 aromatic heterocycles. The highest BCUT2D eigenvalue weighted by molar-refractivity contribution is 5.42. The normalized spacial score (nSPS) is 26.9. The molecule has 0 radical (unpaired) electrons. The molecule has 1 aliphatic rings. The third kappa shape index (κ3) is 1.30. The molecular weight excluding hydrogens is 168 g/mol. The number of benzene rings is 1. The molecule has 2 rings (SSSR count). The number of hydrogen-bond donors (Lipinski definition) is 3. The Morgan fingerprint density at radius 1 is 1.23 bits per heavy atom. The lowest BCUT2D eigenvalue weighted by molar-refractivity contribution is 0.00507. The highest BCUT2D eigenvalue weighted by Crippen LogP contribution is 2.35. The summed E-state index contributed by atoms with van der Waals surface area (Å²) in [6.45, 7) is 0. The van der Waals surface area contributed by atoms with Gasteiger partial charge in [0.25, 0.3) is 0 Å². The van der Waals surface area contributed by atoms with Crippen molar-refractivity contribution in [3.05, 3.63) is 29.3 Å². The Labute approximate surface area is 76.3 Å². The first kappa shape index (κ1) is 8.53. The summed E-state index contributed by atoms with van der Waals surface area (Å²) in [4.78, 5) is 0. The highest BCUT2D eigenvalue weighted by atomic mass is 16.3. The van der Waals surface area contributed by atoms with Gasteiger partial charge in [0.2, 0.25) is 0 Å². The van der Waals surface area contributed by atoms with Crippen molar-refractivity contribution < 1.29 is 15.3 Å². The molecule has 2 atom stereocenters. The van der Waals surface area contributed by atoms with Crippen molar-refractivity contribution in [3.8, 4) is 5.75 Å². The zero-order chi connectivity index (χ0) is 9.42. The van der Waals surface area contributed by atoms with Gasteiger partial charge in [0.05, 0.1) is 6.10 Å². The molecule has 1 aromatic rings. The molecule has 3 N–H and O–H groups in total. The number of aliphatic hydroxyl groups is 2. The fourth-order valence-electron chi connectivity index (χ4n) is 1.81. The standard InChI is InChI=1S/C10H12O3/c11-7-3-1-2-6-4-5-8(12)10(13)9(6)7/h1-3,8,10-13H,4-5H2. The number of hydrogen-bond acceptors (Lipinski definition) is 3. The lowest BCUT2D eigenvalue weighted by Gasteiger charge is -2.26. The van der Waals surface area contributed by atoms with Crippen molar-refractivity contribution in [2.75, 3.05) is 0 Å². The maximum Gasteiger partial charge on any atom is 0.121 e. The van der Waals surface area contributed by atoms with E-state index in [0.29, 0.717) is 18.4 Å². The van der Waals surface area contributed by atoms with Crippen LogP contribution in [0.3, 0.4) is 0 Å². The summed E-state index contributed by atoms with van der Waals surface area (Å²) in [7, 11) is 0. The molecule has 0 amide bonds. The van der Waals surface area contributed by atoms with Crippen LogP contribution in [0.4, 0.5) is 0 Å². The summed E-state index contributed by atoms with van der Waals surface area (Å²) in [5, 5.41) is 28.5. The predicted molar refractivity (Wildman–Crippen MR) is 47.4 cm³/mol. The van der Waals surface area contributed by atoms with Gasteiger partial charge in [-0.15, -0.1) is 0 Å². The van der Waals surface area contributed by atoms with Gasteiger partial charge in [-0.3, -0.25) is 0 Å². The minimum Gasteiger partial charge on any atom is -0.508 e. The molecule has 13 heavy (non-hydrogen) atoms. The van der Waals surface area contributed by atoms with Gasteiger partial charge in [0.15, 0.2) is 0 Å². The average Bonchev–Trinajstić information content (AvgIpc) is 2.12. The van der Waals surface area contributed by atoms with E-state index in [9.17, 15) is 15.3 Å². The van der Waals surface area contributed by atoms with Crippen molar-refractivity contribution in [2.45, 2.75) is 25.0 Å². The van der Waals surface area contributed by atoms with E-state index in [1.807, 2.05) is 6.07 Å². The smallest absolute Gasteiger partial charge is 0.121 e. The minimum absolute atomic E-state index is 0.0729. The second-order valence-corrected chi connectivity index (χ2v) is 3.40. The Bertz CT molecular complexity index is 322. The summed E-state index contributed by atoms with van der Waals surface area (Å²) >= 11 is 0. The van der Waals surface area contributed by atoms with Gasteiger partial charge in [0.1, 0.15) is 11.9 Å². The monoisotopic (exact) mass is 180 g/mol. The number of rotatable bonds is 0. The molecule has 1 aromatic carbocycles. The van der Waals surface area contributed by atoms with Crippen LogP contribution < -0.4 is 0 Å². The summed E-state index contributed by atoms with van der Waals surface area (Å²) in [6, 6.07) is 5.14. The van der Waals surface area contributed by atoms with E-state index >= 15 is 0 Å². The molecular formula is C10H12O3. The Hall–Kier alpha value is -1.06. The molecule has 0 heterocycles. The summed E-state index contributed by atoms with van der Waals surface area (Å²) in [5.41, 5.74) is 1.42. The van der Waals surface area contributed by atoms with Crippen molar-refractivity contribution in [3.63, 3.8) is 0 Å². The Balaban J connectivity index is 2.51. The highest BCUT2D eigenvalue weighted by Gasteiger charge is 2.28. The van der Waals surface area contributed by atoms with E-state index in [0.717, 1.165) is 5.56 Å². The molecule has 0 spiro atoms. The number of phenols is 1. The molecule has 0 bridgehead atoms. The molecule has 3 nitrogen and oxygen atoms in total. The van der Waals surface area contributed by atoms with Gasteiger partial charge in [0, 0.05) is 5.56 Å². The predicted octanol–water partition coefficient (Wildman–Crippen LogP) is 0.733. The van der Waals surface area contributed by atoms with Crippen LogP contribution >= 0.6 is 0 Å². The topological polar surface area (TPSA) is 60.7 Å². The molecule has 0 aliphatic heterocycles. The first-order valence-corrected chi connectivity index (χ1v) is 4.37. The fourth-order valence-corrected chi connectivity index (χ4v) is 1.81. The SMILES string of the molecule is Oc1cccc2c1C(O)C(O)CC2. The maximum atomic E-state index is 9.60. The van der Waals surface area contributed by atoms with Gasteiger partial charge in [-0.25, -0.2) is 0 Å². The summed E-state index contributed by atoms with van der Waals surface area (Å²) < 4.78 is 0. The Morgan fingerprint density at radius 3 is 2.77 bits per heavy atom. The van der Waals surface area contributed by atoms with Gasteiger partial charge in [-0.2, -0.15) is 0 Å². The lowest BCUT2D eigenvalue weighted by atomic mass is 9.87. The van der Waals surface area contributed by atoms with Crippen LogP contribution in [-0.4, -0.2) is 21.4 Å². The number of aliphatic hydroxyl groups excluding tert-OH is 2. The van der Waals surface area contributed by atoms with Crippen LogP contribution in [0.5, 0.6) is 5.75 Å². The third-order valence-electron chi connectivity index (χ3n) is 2.54. The summed E-state index contributed by atoms with van der Waals surface area (Å²) in [6.07, 6.45) is -0.426. The van der Waals surface area contributed by atoms with E-state index in [1.165, 1.54) is 6.07 Å². The van der Waals surface area contributed by atoms with Crippen LogP contribution in [0.25, 0.3) is 0 Å². The second-order valence-electron chi connectivity index (χ2n) is 3.40. The molecule has 0 saturated heterocycles. The number of aryl methyl sites for hydroxylation is 1. The van der Waals surface area contributed by atoms with Crippen molar-refractivity contribution in [1.82, 2.24) is 0 Å². The second kappa shape index (κ2) is 3.01. The Kier molecular flexibility index (Phi) is 1.98. The van der Waals surface area contributed by atoms with E-state index < -0.39 is 12.2 Å². The fraction of sp³-hybridized carbons (Fsp3) is 0.400. The zero-order valence-corrected chi connectivity index (χ0v) is 7.14. The maximum absolute atomic E-state index is 9.60. The van der Waals surface area contributed by atoms with Gasteiger partial charge in [-0.1, -0.05) is 12.1 Å². The van der Waals surface area contributed by atoms with E-state index in [-0.39, 0.29) is 5.75 Å². The molecule has 1 aliphatic carbocycles. The van der Waals surface area contributed by atoms with Gasteiger partial charge < -0.3 is 15.3 Å². The van der Waals surface area contributed by atoms with E-state index in [1.54, 1.807) is 6.07 Å². The molecule has 0 fully saturated rings. The van der Waals surface area contributed by atoms with Crippen molar-refractivity contribution in [2.24, 2.45) is 0 Å². The lowest BCUT2D eigenvalue weighted by Crippen LogP contribution is -2.24. The van der Waals surface area contributed by atoms with Crippen molar-refractivity contribution >= 4 is 0 Å². The van der Waals surface area contributed by atoms with E-state index in [2.05, 4.69) is 0 Å². The van der Waals surface area contributed by atoms with Crippen LogP contribution in [0.15, 0.2) is 18.2 Å². The quantitative estimate of drug-likeness (QED) is 0.551. The first-order valence-electron chi connectivity index (χ1n) is 4.37. The average molecular weight is 180 g/mol. The van der Waals surface area contributed by atoms with Crippen LogP contribution in [-0.2, 0) is 6.42 Å². The number of fused-ring (bicyclic) bond motifs is 1. The van der Waals surface area contributed by atoms with Crippen LogP contribution in [0.1, 0.15) is 23.7 Å². The third-order valence-corrected chi connectivity index (χ3v) is 2.54. The van der Waals surface area contributed by atoms with Gasteiger partial charge in [-0.05, 0) is 24.5 Å². The largest absolute Gasteiger partial charge is 0.508 e. The zero-order valence-electron chi connectivity index (χ0n) is 7.14. The van der Waals surface area contributed by atoms with Gasteiger partial charge >= 0.3 is 0 Å². The number of phenolic OH excluding ortho intramolecular Hbond substituents is 1. The van der Waals surface area contributed by atoms with Crippen molar-refractivity contribution in [1.29, 1.82) is 0 Å². The molecule has 3 heteroatoms. The van der Waals surface area contributed by atoms with Crippen LogP contribution in [0.2, 0.25) is 0 Å².